The van der Waals surface area contributed by atoms with Crippen LogP contribution < -0.4 is 0 Å². The molecule has 0 radical (unpaired) electrons. The molecule has 0 aromatic carbocycles. The molecule has 4 heterocycles. The molecule has 118 valence electrons. The molecule has 1 aliphatic heterocycles. The summed E-state index contributed by atoms with van der Waals surface area (Å²) >= 11 is 3.73. The fraction of sp³-hybridized carbons (Fsp3) is 0.438. The molecule has 1 unspecified atom stereocenters. The summed E-state index contributed by atoms with van der Waals surface area (Å²) in [5, 5.41) is 16.8. The first-order valence-corrected chi connectivity index (χ1v) is 9.76. The maximum absolute atomic E-state index is 4.30. The van der Waals surface area contributed by atoms with Crippen molar-refractivity contribution < 1.29 is 0 Å². The zero-order valence-electron chi connectivity index (χ0n) is 12.6. The topological polar surface area (TPSA) is 46.8 Å². The van der Waals surface area contributed by atoms with Gasteiger partial charge in [-0.3, -0.25) is 4.90 Å². The van der Waals surface area contributed by atoms with Gasteiger partial charge in [0.15, 0.2) is 5.82 Å². The molecule has 0 amide bonds. The van der Waals surface area contributed by atoms with Crippen LogP contribution in [0.25, 0.3) is 0 Å². The molecule has 5 nitrogen and oxygen atoms in total. The summed E-state index contributed by atoms with van der Waals surface area (Å²) in [4.78, 5) is 5.47. The molecule has 5 rings (SSSR count). The second kappa shape index (κ2) is 5.51. The van der Waals surface area contributed by atoms with Gasteiger partial charge in [-0.05, 0) is 58.1 Å². The summed E-state index contributed by atoms with van der Waals surface area (Å²) in [5.74, 6) is 1.01. The predicted molar refractivity (Wildman–Crippen MR) is 90.7 cm³/mol. The van der Waals surface area contributed by atoms with E-state index in [1.54, 1.807) is 0 Å². The van der Waals surface area contributed by atoms with E-state index in [1.165, 1.54) is 28.2 Å². The third kappa shape index (κ3) is 2.43. The molecule has 1 atom stereocenters. The Balaban J connectivity index is 1.50. The molecule has 1 fully saturated rings. The number of thiophene rings is 2. The van der Waals surface area contributed by atoms with Gasteiger partial charge in [0.05, 0.1) is 18.6 Å². The van der Waals surface area contributed by atoms with Crippen LogP contribution in [0.15, 0.2) is 29.0 Å². The van der Waals surface area contributed by atoms with Crippen molar-refractivity contribution in [1.29, 1.82) is 0 Å². The van der Waals surface area contributed by atoms with Crippen molar-refractivity contribution in [1.82, 2.24) is 25.1 Å². The lowest BCUT2D eigenvalue weighted by Crippen LogP contribution is -2.35. The van der Waals surface area contributed by atoms with Gasteiger partial charge in [0.1, 0.15) is 0 Å². The lowest BCUT2D eigenvalue weighted by molar-refractivity contribution is 0.200. The Labute approximate surface area is 142 Å². The molecule has 2 aliphatic rings. The maximum atomic E-state index is 4.30. The van der Waals surface area contributed by atoms with Gasteiger partial charge < -0.3 is 0 Å². The lowest BCUT2D eigenvalue weighted by atomic mass is 9.98. The van der Waals surface area contributed by atoms with E-state index in [4.69, 9.17) is 0 Å². The number of hydrogen-bond donors (Lipinski definition) is 0. The first-order valence-electron chi connectivity index (χ1n) is 8.00. The van der Waals surface area contributed by atoms with Crippen LogP contribution in [-0.2, 0) is 13.0 Å². The van der Waals surface area contributed by atoms with E-state index < -0.39 is 0 Å². The van der Waals surface area contributed by atoms with Crippen molar-refractivity contribution in [3.63, 3.8) is 0 Å². The molecule has 0 bridgehead atoms. The zero-order chi connectivity index (χ0) is 15.2. The SMILES string of the molecule is c1csc(C2c3ccsc3CCN2Cc2nnnn2C2CC2)c1. The third-order valence-corrected chi connectivity index (χ3v) is 6.60. The Bertz CT molecular complexity index is 802. The van der Waals surface area contributed by atoms with Crippen molar-refractivity contribution in [2.24, 2.45) is 0 Å². The Morgan fingerprint density at radius 2 is 2.13 bits per heavy atom. The fourth-order valence-electron chi connectivity index (χ4n) is 3.42. The van der Waals surface area contributed by atoms with E-state index in [2.05, 4.69) is 49.4 Å². The highest BCUT2D eigenvalue weighted by Gasteiger charge is 2.33. The van der Waals surface area contributed by atoms with Crippen molar-refractivity contribution >= 4 is 22.7 Å². The first kappa shape index (κ1) is 13.8. The summed E-state index contributed by atoms with van der Waals surface area (Å²) in [6.45, 7) is 1.88. The minimum absolute atomic E-state index is 0.342. The van der Waals surface area contributed by atoms with Crippen molar-refractivity contribution in [3.8, 4) is 0 Å². The van der Waals surface area contributed by atoms with Crippen molar-refractivity contribution in [2.45, 2.75) is 37.9 Å². The predicted octanol–water partition coefficient (Wildman–Crippen LogP) is 3.28. The van der Waals surface area contributed by atoms with E-state index >= 15 is 0 Å². The molecule has 0 spiro atoms. The molecule has 7 heteroatoms. The minimum atomic E-state index is 0.342. The zero-order valence-corrected chi connectivity index (χ0v) is 14.3. The third-order valence-electron chi connectivity index (χ3n) is 4.68. The second-order valence-electron chi connectivity index (χ2n) is 6.21. The highest BCUT2D eigenvalue weighted by atomic mass is 32.1. The molecule has 3 aromatic rings. The molecule has 3 aromatic heterocycles. The molecule has 0 N–H and O–H groups in total. The van der Waals surface area contributed by atoms with E-state index in [0.29, 0.717) is 12.1 Å². The van der Waals surface area contributed by atoms with Crippen LogP contribution in [0.4, 0.5) is 0 Å². The quantitative estimate of drug-likeness (QED) is 0.729. The van der Waals surface area contributed by atoms with Gasteiger partial charge in [-0.15, -0.1) is 27.8 Å². The fourth-order valence-corrected chi connectivity index (χ4v) is 5.20. The normalized spacial score (nSPS) is 21.5. The van der Waals surface area contributed by atoms with E-state index in [9.17, 15) is 0 Å². The van der Waals surface area contributed by atoms with Crippen LogP contribution in [0.5, 0.6) is 0 Å². The van der Waals surface area contributed by atoms with Gasteiger partial charge in [-0.25, -0.2) is 4.68 Å². The first-order chi connectivity index (χ1) is 11.4. The van der Waals surface area contributed by atoms with E-state index in [1.807, 2.05) is 27.4 Å². The molecule has 1 saturated carbocycles. The average molecular weight is 343 g/mol. The number of nitrogens with zero attached hydrogens (tertiary/aromatic N) is 5. The summed E-state index contributed by atoms with van der Waals surface area (Å²) < 4.78 is 2.04. The number of fused-ring (bicyclic) bond motifs is 1. The van der Waals surface area contributed by atoms with Gasteiger partial charge in [0.2, 0.25) is 0 Å². The Morgan fingerprint density at radius 3 is 2.96 bits per heavy atom. The number of hydrogen-bond acceptors (Lipinski definition) is 6. The summed E-state index contributed by atoms with van der Waals surface area (Å²) in [5.41, 5.74) is 1.47. The number of aromatic nitrogens is 4. The smallest absolute Gasteiger partial charge is 0.165 e. The minimum Gasteiger partial charge on any atom is -0.284 e. The molecular weight excluding hydrogens is 326 g/mol. The van der Waals surface area contributed by atoms with Crippen LogP contribution in [0.2, 0.25) is 0 Å². The molecule has 0 saturated heterocycles. The van der Waals surface area contributed by atoms with Crippen LogP contribution in [0.1, 0.15) is 46.1 Å². The number of tetrazole rings is 1. The molecular formula is C16H17N5S2. The van der Waals surface area contributed by atoms with Gasteiger partial charge in [0, 0.05) is 16.3 Å². The average Bonchev–Trinajstić information content (AvgIpc) is 3.01. The van der Waals surface area contributed by atoms with E-state index in [0.717, 1.165) is 25.3 Å². The van der Waals surface area contributed by atoms with Gasteiger partial charge in [-0.2, -0.15) is 0 Å². The van der Waals surface area contributed by atoms with Crippen LogP contribution in [0.3, 0.4) is 0 Å². The summed E-state index contributed by atoms with van der Waals surface area (Å²) in [6, 6.07) is 7.56. The second-order valence-corrected chi connectivity index (χ2v) is 8.19. The largest absolute Gasteiger partial charge is 0.284 e. The highest BCUT2D eigenvalue weighted by Crippen LogP contribution is 2.40. The summed E-state index contributed by atoms with van der Waals surface area (Å²) in [6.07, 6.45) is 3.54. The van der Waals surface area contributed by atoms with Crippen LogP contribution in [0, 0.1) is 0 Å². The van der Waals surface area contributed by atoms with Gasteiger partial charge >= 0.3 is 0 Å². The van der Waals surface area contributed by atoms with Crippen LogP contribution in [-0.4, -0.2) is 31.7 Å². The standard InChI is InChI=1S/C16H17N5S2/c1-2-14(22-8-1)16-12-6-9-23-13(12)5-7-20(16)10-15-17-18-19-21(15)11-3-4-11/h1-2,6,8-9,11,16H,3-5,7,10H2. The molecule has 23 heavy (non-hydrogen) atoms. The van der Waals surface area contributed by atoms with Crippen molar-refractivity contribution in [3.05, 3.63) is 50.1 Å². The van der Waals surface area contributed by atoms with Gasteiger partial charge in [-0.1, -0.05) is 6.07 Å². The van der Waals surface area contributed by atoms with Gasteiger partial charge in [0.25, 0.3) is 0 Å². The lowest BCUT2D eigenvalue weighted by Gasteiger charge is -2.34. The van der Waals surface area contributed by atoms with Crippen molar-refractivity contribution in [2.75, 3.05) is 6.54 Å². The molecule has 1 aliphatic carbocycles. The summed E-state index contributed by atoms with van der Waals surface area (Å²) in [7, 11) is 0. The Kier molecular flexibility index (Phi) is 3.31. The van der Waals surface area contributed by atoms with Crippen LogP contribution >= 0.6 is 22.7 Å². The highest BCUT2D eigenvalue weighted by molar-refractivity contribution is 7.10. The Hall–Kier alpha value is -1.57. The monoisotopic (exact) mass is 343 g/mol. The maximum Gasteiger partial charge on any atom is 0.165 e. The Morgan fingerprint density at radius 1 is 1.17 bits per heavy atom. The van der Waals surface area contributed by atoms with E-state index in [-0.39, 0.29) is 0 Å². The number of rotatable bonds is 4.